The van der Waals surface area contributed by atoms with E-state index in [0.717, 1.165) is 0 Å². The first-order chi connectivity index (χ1) is 9.49. The molecular formula is C16H14O4. The van der Waals surface area contributed by atoms with Crippen molar-refractivity contribution in [3.63, 3.8) is 0 Å². The van der Waals surface area contributed by atoms with Gasteiger partial charge in [0.05, 0.1) is 11.1 Å². The molecule has 0 saturated carbocycles. The van der Waals surface area contributed by atoms with Gasteiger partial charge in [0, 0.05) is 0 Å². The van der Waals surface area contributed by atoms with Crippen molar-refractivity contribution >= 4 is 11.9 Å². The normalized spacial score (nSPS) is 14.2. The minimum Gasteiger partial charge on any atom is -0.478 e. The maximum absolute atomic E-state index is 10.6. The lowest BCUT2D eigenvalue weighted by Gasteiger charge is -2.03. The molecule has 2 N–H and O–H groups in total. The third-order valence-corrected chi connectivity index (χ3v) is 3.23. The molecule has 4 nitrogen and oxygen atoms in total. The van der Waals surface area contributed by atoms with Crippen LogP contribution in [-0.2, 0) is 0 Å². The zero-order valence-corrected chi connectivity index (χ0v) is 11.0. The fraction of sp³-hybridized carbons (Fsp3) is 0.125. The Morgan fingerprint density at radius 3 is 1.65 bits per heavy atom. The average Bonchev–Trinajstić information content (AvgIpc) is 3.03. The Labute approximate surface area is 116 Å². The molecule has 0 aliphatic heterocycles. The van der Waals surface area contributed by atoms with Crippen molar-refractivity contribution < 1.29 is 19.8 Å². The van der Waals surface area contributed by atoms with Gasteiger partial charge in [0.15, 0.2) is 0 Å². The number of aromatic carboxylic acids is 2. The molecule has 2 bridgehead atoms. The number of carboxylic acids is 2. The lowest BCUT2D eigenvalue weighted by molar-refractivity contribution is 0.0696. The number of fused-ring (bicyclic) bond motifs is 2. The number of benzene rings is 1. The molecule has 4 heteroatoms. The van der Waals surface area contributed by atoms with Gasteiger partial charge in [-0.1, -0.05) is 30.4 Å². The van der Waals surface area contributed by atoms with Crippen LogP contribution in [0.4, 0.5) is 0 Å². The summed E-state index contributed by atoms with van der Waals surface area (Å²) in [4.78, 5) is 21.2. The van der Waals surface area contributed by atoms with E-state index in [1.54, 1.807) is 0 Å². The van der Waals surface area contributed by atoms with E-state index in [9.17, 15) is 9.59 Å². The topological polar surface area (TPSA) is 74.6 Å². The van der Waals surface area contributed by atoms with Gasteiger partial charge in [-0.05, 0) is 42.2 Å². The minimum atomic E-state index is -1.11. The Kier molecular flexibility index (Phi) is 3.84. The highest BCUT2D eigenvalue weighted by Gasteiger charge is 2.13. The van der Waals surface area contributed by atoms with Crippen molar-refractivity contribution in [2.45, 2.75) is 13.3 Å². The van der Waals surface area contributed by atoms with Crippen LogP contribution in [0, 0.1) is 6.92 Å². The van der Waals surface area contributed by atoms with Gasteiger partial charge < -0.3 is 10.2 Å². The van der Waals surface area contributed by atoms with E-state index in [-0.39, 0.29) is 16.7 Å². The molecular weight excluding hydrogens is 256 g/mol. The molecule has 1 aromatic carbocycles. The zero-order valence-electron chi connectivity index (χ0n) is 11.0. The second-order valence-corrected chi connectivity index (χ2v) is 4.58. The first-order valence-electron chi connectivity index (χ1n) is 6.13. The van der Waals surface area contributed by atoms with E-state index in [0.29, 0.717) is 0 Å². The van der Waals surface area contributed by atoms with Crippen LogP contribution >= 0.6 is 0 Å². The third kappa shape index (κ3) is 2.85. The second-order valence-electron chi connectivity index (χ2n) is 4.58. The number of hydrogen-bond donors (Lipinski definition) is 2. The largest absolute Gasteiger partial charge is 0.478 e. The molecule has 0 fully saturated rings. The molecule has 0 saturated heterocycles. The molecule has 2 aliphatic rings. The van der Waals surface area contributed by atoms with Crippen molar-refractivity contribution in [2.75, 3.05) is 0 Å². The van der Waals surface area contributed by atoms with E-state index >= 15 is 0 Å². The zero-order chi connectivity index (χ0) is 14.7. The van der Waals surface area contributed by atoms with Crippen molar-refractivity contribution in [1.82, 2.24) is 0 Å². The van der Waals surface area contributed by atoms with Gasteiger partial charge in [-0.2, -0.15) is 0 Å². The Bertz CT molecular complexity index is 611. The first kappa shape index (κ1) is 13.8. The van der Waals surface area contributed by atoms with E-state index in [4.69, 9.17) is 10.2 Å². The number of carbonyl (C=O) groups is 2. The fourth-order valence-electron chi connectivity index (χ4n) is 2.11. The average molecular weight is 270 g/mol. The summed E-state index contributed by atoms with van der Waals surface area (Å²) >= 11 is 0. The monoisotopic (exact) mass is 270 g/mol. The van der Waals surface area contributed by atoms with Crippen LogP contribution in [0.15, 0.2) is 53.6 Å². The van der Waals surface area contributed by atoms with Gasteiger partial charge in [-0.15, -0.1) is 0 Å². The highest BCUT2D eigenvalue weighted by molar-refractivity contribution is 5.96. The van der Waals surface area contributed by atoms with Crippen LogP contribution in [0.2, 0.25) is 0 Å². The molecule has 0 aromatic heterocycles. The number of allylic oxidation sites excluding steroid dienone is 6. The highest BCUT2D eigenvalue weighted by atomic mass is 16.4. The smallest absolute Gasteiger partial charge is 0.335 e. The van der Waals surface area contributed by atoms with Crippen LogP contribution in [0.25, 0.3) is 0 Å². The summed E-state index contributed by atoms with van der Waals surface area (Å²) in [6.45, 7) is 1.48. The van der Waals surface area contributed by atoms with Gasteiger partial charge >= 0.3 is 11.9 Å². The van der Waals surface area contributed by atoms with Gasteiger partial charge in [0.1, 0.15) is 0 Å². The lowest BCUT2D eigenvalue weighted by Crippen LogP contribution is -2.06. The molecule has 1 aromatic rings. The van der Waals surface area contributed by atoms with Crippen molar-refractivity contribution in [2.24, 2.45) is 0 Å². The predicted octanol–water partition coefficient (Wildman–Crippen LogP) is 3.20. The Balaban J connectivity index is 0.000000173. The molecule has 102 valence electrons. The van der Waals surface area contributed by atoms with Crippen molar-refractivity contribution in [3.05, 3.63) is 70.3 Å². The SMILES string of the molecule is C1=CC2=CC=C1C2.Cc1c(C(=O)O)cccc1C(=O)O. The standard InChI is InChI=1S/C9H8O4.C7H6/c1-5-6(8(10)11)3-2-4-7(5)9(12)13;1-2-7-4-3-6(1)5-7/h2-4H,1H3,(H,10,11)(H,12,13);1-4H,5H2. The lowest BCUT2D eigenvalue weighted by atomic mass is 10.0. The van der Waals surface area contributed by atoms with Crippen LogP contribution in [0.1, 0.15) is 32.7 Å². The minimum absolute atomic E-state index is 0.0277. The summed E-state index contributed by atoms with van der Waals surface area (Å²) in [7, 11) is 0. The Morgan fingerprint density at radius 2 is 1.40 bits per heavy atom. The van der Waals surface area contributed by atoms with Gasteiger partial charge in [0.25, 0.3) is 0 Å². The van der Waals surface area contributed by atoms with Gasteiger partial charge in [0.2, 0.25) is 0 Å². The molecule has 20 heavy (non-hydrogen) atoms. The van der Waals surface area contributed by atoms with E-state index < -0.39 is 11.9 Å². The molecule has 0 heterocycles. The Hall–Kier alpha value is -2.62. The highest BCUT2D eigenvalue weighted by Crippen LogP contribution is 2.27. The van der Waals surface area contributed by atoms with Crippen LogP contribution in [0.3, 0.4) is 0 Å². The fourth-order valence-corrected chi connectivity index (χ4v) is 2.11. The molecule has 0 spiro atoms. The van der Waals surface area contributed by atoms with Gasteiger partial charge in [-0.25, -0.2) is 9.59 Å². The Morgan fingerprint density at radius 1 is 0.950 bits per heavy atom. The van der Waals surface area contributed by atoms with E-state index in [1.807, 2.05) is 0 Å². The molecule has 0 unspecified atom stereocenters. The molecule has 0 atom stereocenters. The third-order valence-electron chi connectivity index (χ3n) is 3.23. The number of rotatable bonds is 2. The molecule has 2 aliphatic carbocycles. The van der Waals surface area contributed by atoms with Crippen LogP contribution in [0.5, 0.6) is 0 Å². The molecule has 0 amide bonds. The van der Waals surface area contributed by atoms with Crippen LogP contribution in [-0.4, -0.2) is 22.2 Å². The quantitative estimate of drug-likeness (QED) is 0.865. The van der Waals surface area contributed by atoms with Crippen molar-refractivity contribution in [3.8, 4) is 0 Å². The summed E-state index contributed by atoms with van der Waals surface area (Å²) < 4.78 is 0. The summed E-state index contributed by atoms with van der Waals surface area (Å²) in [6.07, 6.45) is 9.90. The number of carboxylic acid groups (broad SMARTS) is 2. The summed E-state index contributed by atoms with van der Waals surface area (Å²) in [5.41, 5.74) is 3.27. The second kappa shape index (κ2) is 5.57. The van der Waals surface area contributed by atoms with E-state index in [1.165, 1.54) is 42.7 Å². The maximum Gasteiger partial charge on any atom is 0.335 e. The van der Waals surface area contributed by atoms with Crippen molar-refractivity contribution in [1.29, 1.82) is 0 Å². The molecule has 3 rings (SSSR count). The summed E-state index contributed by atoms with van der Waals surface area (Å²) in [5.74, 6) is -2.22. The van der Waals surface area contributed by atoms with Crippen LogP contribution < -0.4 is 0 Å². The maximum atomic E-state index is 10.6. The number of hydrogen-bond acceptors (Lipinski definition) is 2. The first-order valence-corrected chi connectivity index (χ1v) is 6.13. The predicted molar refractivity (Wildman–Crippen MR) is 75.0 cm³/mol. The summed E-state index contributed by atoms with van der Waals surface area (Å²) in [5, 5.41) is 17.4. The molecule has 0 radical (unpaired) electrons. The van der Waals surface area contributed by atoms with Gasteiger partial charge in [-0.3, -0.25) is 0 Å². The summed E-state index contributed by atoms with van der Waals surface area (Å²) in [6, 6.07) is 4.17. The van der Waals surface area contributed by atoms with E-state index in [2.05, 4.69) is 24.3 Å².